The molecule has 0 unspecified atom stereocenters. The summed E-state index contributed by atoms with van der Waals surface area (Å²) in [6.07, 6.45) is 5.52. The zero-order chi connectivity index (χ0) is 15.9. The molecule has 0 saturated heterocycles. The summed E-state index contributed by atoms with van der Waals surface area (Å²) in [6.45, 7) is 0.514. The molecule has 0 fully saturated rings. The molecule has 1 N–H and O–H groups in total. The predicted molar refractivity (Wildman–Crippen MR) is 83.0 cm³/mol. The maximum absolute atomic E-state index is 12.1. The second kappa shape index (κ2) is 7.51. The quantitative estimate of drug-likeness (QED) is 0.852. The fourth-order valence-corrected chi connectivity index (χ4v) is 2.47. The van der Waals surface area contributed by atoms with E-state index in [-0.39, 0.29) is 6.03 Å². The Labute approximate surface area is 132 Å². The lowest BCUT2D eigenvalue weighted by molar-refractivity contribution is 0.0606. The third-order valence-electron chi connectivity index (χ3n) is 2.89. The fraction of sp³-hybridized carbons (Fsp3) is 0.286. The smallest absolute Gasteiger partial charge is 0.348 e. The van der Waals surface area contributed by atoms with E-state index in [1.54, 1.807) is 42.7 Å². The van der Waals surface area contributed by atoms with Crippen molar-refractivity contribution < 1.29 is 14.3 Å². The molecule has 2 aromatic rings. The number of likely N-dealkylation sites (N-methyl/N-ethyl adjacent to an activating group) is 1. The number of anilines is 1. The van der Waals surface area contributed by atoms with Crippen LogP contribution in [0.15, 0.2) is 30.7 Å². The third-order valence-corrected chi connectivity index (χ3v) is 3.87. The van der Waals surface area contributed by atoms with Gasteiger partial charge in [-0.15, -0.1) is 11.3 Å². The number of ether oxygens (including phenoxy) is 1. The van der Waals surface area contributed by atoms with Crippen LogP contribution in [0.4, 0.5) is 9.80 Å². The van der Waals surface area contributed by atoms with E-state index < -0.39 is 5.97 Å². The number of methoxy groups -OCH3 is 1. The molecule has 2 heterocycles. The van der Waals surface area contributed by atoms with Gasteiger partial charge < -0.3 is 9.64 Å². The maximum atomic E-state index is 12.1. The van der Waals surface area contributed by atoms with E-state index in [9.17, 15) is 9.59 Å². The molecule has 0 radical (unpaired) electrons. The minimum Gasteiger partial charge on any atom is -0.465 e. The summed E-state index contributed by atoms with van der Waals surface area (Å²) in [6, 6.07) is 3.04. The molecule has 116 valence electrons. The molecule has 0 bridgehead atoms. The van der Waals surface area contributed by atoms with E-state index in [1.807, 2.05) is 0 Å². The Morgan fingerprint density at radius 3 is 2.86 bits per heavy atom. The second-order valence-corrected chi connectivity index (χ2v) is 5.54. The minimum atomic E-state index is -0.415. The Morgan fingerprint density at radius 1 is 1.36 bits per heavy atom. The Morgan fingerprint density at radius 2 is 2.18 bits per heavy atom. The van der Waals surface area contributed by atoms with E-state index in [2.05, 4.69) is 20.0 Å². The largest absolute Gasteiger partial charge is 0.465 e. The standard InChI is InChI=1S/C14H16N4O3S/c1-18(8-5-10-9-15-6-7-16-10)14(20)17-12-4-3-11(22-12)13(19)21-2/h3-4,6-7,9H,5,8H2,1-2H3,(H,17,20). The lowest BCUT2D eigenvalue weighted by Crippen LogP contribution is -2.32. The van der Waals surface area contributed by atoms with Crippen LogP contribution in [0.3, 0.4) is 0 Å². The topological polar surface area (TPSA) is 84.4 Å². The highest BCUT2D eigenvalue weighted by Gasteiger charge is 2.13. The van der Waals surface area contributed by atoms with Crippen molar-refractivity contribution in [2.45, 2.75) is 6.42 Å². The Bertz CT molecular complexity index is 645. The summed E-state index contributed by atoms with van der Waals surface area (Å²) >= 11 is 1.17. The van der Waals surface area contributed by atoms with Gasteiger partial charge in [0.2, 0.25) is 0 Å². The van der Waals surface area contributed by atoms with Gasteiger partial charge in [-0.1, -0.05) is 0 Å². The van der Waals surface area contributed by atoms with Crippen molar-refractivity contribution >= 4 is 28.3 Å². The monoisotopic (exact) mass is 320 g/mol. The van der Waals surface area contributed by atoms with Crippen molar-refractivity contribution in [3.8, 4) is 0 Å². The predicted octanol–water partition coefficient (Wildman–Crippen LogP) is 2.03. The summed E-state index contributed by atoms with van der Waals surface area (Å²) in [5.74, 6) is -0.415. The number of carbonyl (C=O) groups is 2. The molecule has 2 rings (SSSR count). The Balaban J connectivity index is 1.86. The molecule has 2 amide bonds. The molecular formula is C14H16N4O3S. The van der Waals surface area contributed by atoms with Gasteiger partial charge in [-0.3, -0.25) is 15.3 Å². The number of thiophene rings is 1. The Hall–Kier alpha value is -2.48. The van der Waals surface area contributed by atoms with E-state index >= 15 is 0 Å². The summed E-state index contributed by atoms with van der Waals surface area (Å²) < 4.78 is 4.63. The number of rotatable bonds is 5. The number of esters is 1. The molecule has 0 aliphatic carbocycles. The molecule has 8 heteroatoms. The van der Waals surface area contributed by atoms with Crippen LogP contribution in [0.1, 0.15) is 15.4 Å². The van der Waals surface area contributed by atoms with E-state index in [0.717, 1.165) is 5.69 Å². The van der Waals surface area contributed by atoms with Crippen molar-refractivity contribution in [2.24, 2.45) is 0 Å². The number of carbonyl (C=O) groups excluding carboxylic acids is 2. The molecular weight excluding hydrogens is 304 g/mol. The van der Waals surface area contributed by atoms with Gasteiger partial charge in [0.05, 0.1) is 17.8 Å². The number of hydrogen-bond acceptors (Lipinski definition) is 6. The highest BCUT2D eigenvalue weighted by molar-refractivity contribution is 7.18. The van der Waals surface area contributed by atoms with Crippen molar-refractivity contribution in [3.05, 3.63) is 41.3 Å². The number of urea groups is 1. The highest BCUT2D eigenvalue weighted by Crippen LogP contribution is 2.22. The van der Waals surface area contributed by atoms with Crippen molar-refractivity contribution in [1.82, 2.24) is 14.9 Å². The van der Waals surface area contributed by atoms with E-state index in [1.165, 1.54) is 18.4 Å². The van der Waals surface area contributed by atoms with Crippen LogP contribution in [0.25, 0.3) is 0 Å². The minimum absolute atomic E-state index is 0.248. The molecule has 2 aromatic heterocycles. The van der Waals surface area contributed by atoms with Crippen LogP contribution in [0, 0.1) is 0 Å². The lowest BCUT2D eigenvalue weighted by Gasteiger charge is -2.16. The van der Waals surface area contributed by atoms with Gasteiger partial charge in [0, 0.05) is 38.6 Å². The number of nitrogens with zero attached hydrogens (tertiary/aromatic N) is 3. The van der Waals surface area contributed by atoms with Gasteiger partial charge in [-0.05, 0) is 12.1 Å². The van der Waals surface area contributed by atoms with Crippen LogP contribution in [0.5, 0.6) is 0 Å². The highest BCUT2D eigenvalue weighted by atomic mass is 32.1. The summed E-state index contributed by atoms with van der Waals surface area (Å²) in [5.41, 5.74) is 0.825. The van der Waals surface area contributed by atoms with Crippen molar-refractivity contribution in [2.75, 3.05) is 26.0 Å². The summed E-state index contributed by atoms with van der Waals surface area (Å²) in [4.78, 5) is 33.5. The fourth-order valence-electron chi connectivity index (χ4n) is 1.66. The molecule has 0 aliphatic heterocycles. The van der Waals surface area contributed by atoms with E-state index in [0.29, 0.717) is 22.8 Å². The summed E-state index contributed by atoms with van der Waals surface area (Å²) in [7, 11) is 3.01. The van der Waals surface area contributed by atoms with Gasteiger partial charge in [0.15, 0.2) is 0 Å². The first-order valence-electron chi connectivity index (χ1n) is 6.55. The first-order valence-corrected chi connectivity index (χ1v) is 7.37. The molecule has 0 atom stereocenters. The van der Waals surface area contributed by atoms with Gasteiger partial charge in [-0.2, -0.15) is 0 Å². The molecule has 0 aliphatic rings. The lowest BCUT2D eigenvalue weighted by atomic mass is 10.3. The number of amides is 2. The Kier molecular flexibility index (Phi) is 5.42. The van der Waals surface area contributed by atoms with Crippen LogP contribution in [0.2, 0.25) is 0 Å². The molecule has 22 heavy (non-hydrogen) atoms. The SMILES string of the molecule is COC(=O)c1ccc(NC(=O)N(C)CCc2cnccn2)s1. The average Bonchev–Trinajstić information content (AvgIpc) is 3.01. The van der Waals surface area contributed by atoms with Crippen molar-refractivity contribution in [1.29, 1.82) is 0 Å². The number of nitrogens with one attached hydrogen (secondary N) is 1. The third kappa shape index (κ3) is 4.26. The number of aromatic nitrogens is 2. The van der Waals surface area contributed by atoms with Gasteiger partial charge in [0.1, 0.15) is 4.88 Å². The zero-order valence-corrected chi connectivity index (χ0v) is 13.1. The van der Waals surface area contributed by atoms with Gasteiger partial charge in [-0.25, -0.2) is 9.59 Å². The first-order chi connectivity index (χ1) is 10.6. The van der Waals surface area contributed by atoms with Crippen LogP contribution >= 0.6 is 11.3 Å². The van der Waals surface area contributed by atoms with Crippen LogP contribution in [-0.2, 0) is 11.2 Å². The normalized spacial score (nSPS) is 10.1. The maximum Gasteiger partial charge on any atom is 0.348 e. The van der Waals surface area contributed by atoms with E-state index in [4.69, 9.17) is 0 Å². The first kappa shape index (κ1) is 15.9. The van der Waals surface area contributed by atoms with Crippen LogP contribution in [-0.4, -0.2) is 47.6 Å². The van der Waals surface area contributed by atoms with Crippen LogP contribution < -0.4 is 5.32 Å². The van der Waals surface area contributed by atoms with Gasteiger partial charge in [0.25, 0.3) is 0 Å². The summed E-state index contributed by atoms with van der Waals surface area (Å²) in [5, 5.41) is 3.33. The number of hydrogen-bond donors (Lipinski definition) is 1. The molecule has 7 nitrogen and oxygen atoms in total. The molecule has 0 saturated carbocycles. The molecule has 0 aromatic carbocycles. The average molecular weight is 320 g/mol. The van der Waals surface area contributed by atoms with Gasteiger partial charge >= 0.3 is 12.0 Å². The second-order valence-electron chi connectivity index (χ2n) is 4.45. The van der Waals surface area contributed by atoms with Crippen molar-refractivity contribution in [3.63, 3.8) is 0 Å². The zero-order valence-electron chi connectivity index (χ0n) is 12.3. The molecule has 0 spiro atoms.